The van der Waals surface area contributed by atoms with Crippen LogP contribution < -0.4 is 20.1 Å². The molecule has 2 aliphatic heterocycles. The van der Waals surface area contributed by atoms with E-state index in [0.29, 0.717) is 54.7 Å². The first-order chi connectivity index (χ1) is 19.2. The molecule has 2 aliphatic rings. The van der Waals surface area contributed by atoms with Gasteiger partial charge in [0.1, 0.15) is 6.61 Å². The summed E-state index contributed by atoms with van der Waals surface area (Å²) in [6.45, 7) is 10.2. The number of aromatic nitrogens is 2. The smallest absolute Gasteiger partial charge is 0.267 e. The van der Waals surface area contributed by atoms with Crippen molar-refractivity contribution in [3.63, 3.8) is 0 Å². The maximum Gasteiger partial charge on any atom is 0.267 e. The molecule has 2 N–H and O–H groups in total. The molecule has 5 rings (SSSR count). The largest absolute Gasteiger partial charge is 0.485 e. The summed E-state index contributed by atoms with van der Waals surface area (Å²) >= 11 is 5.62. The van der Waals surface area contributed by atoms with Crippen molar-refractivity contribution in [1.82, 2.24) is 19.8 Å². The lowest BCUT2D eigenvalue weighted by atomic mass is 10.1. The van der Waals surface area contributed by atoms with Gasteiger partial charge in [0.25, 0.3) is 5.91 Å². The highest BCUT2D eigenvalue weighted by Gasteiger charge is 2.33. The zero-order chi connectivity index (χ0) is 28.2. The number of rotatable bonds is 3. The second kappa shape index (κ2) is 11.9. The zero-order valence-corrected chi connectivity index (χ0v) is 23.9. The predicted octanol–water partition coefficient (Wildman–Crippen LogP) is 3.86. The van der Waals surface area contributed by atoms with Crippen LogP contribution in [0.25, 0.3) is 0 Å². The molecule has 1 aromatic heterocycles. The van der Waals surface area contributed by atoms with Gasteiger partial charge in [0.05, 0.1) is 0 Å². The molecular formula is C29H33N7O3S. The van der Waals surface area contributed by atoms with E-state index in [1.165, 1.54) is 5.56 Å². The lowest BCUT2D eigenvalue weighted by Crippen LogP contribution is -2.56. The number of benzene rings is 2. The van der Waals surface area contributed by atoms with Crippen LogP contribution in [0, 0.1) is 27.7 Å². The minimum atomic E-state index is -0.675. The van der Waals surface area contributed by atoms with Crippen molar-refractivity contribution in [2.75, 3.05) is 43.4 Å². The molecule has 0 bridgehead atoms. The number of hydrogen-bond donors (Lipinski definition) is 2. The number of nitrogens with one attached hydrogen (secondary N) is 2. The average molecular weight is 560 g/mol. The number of thiocarbonyl (C=S) groups is 1. The monoisotopic (exact) mass is 559 g/mol. The van der Waals surface area contributed by atoms with Crippen LogP contribution in [0.2, 0.25) is 0 Å². The van der Waals surface area contributed by atoms with Crippen LogP contribution in [0.5, 0.6) is 11.5 Å². The predicted molar refractivity (Wildman–Crippen MR) is 159 cm³/mol. The third kappa shape index (κ3) is 6.48. The molecule has 1 amide bonds. The van der Waals surface area contributed by atoms with Crippen molar-refractivity contribution in [2.45, 2.75) is 33.8 Å². The van der Waals surface area contributed by atoms with Crippen molar-refractivity contribution in [1.29, 1.82) is 0 Å². The number of aliphatic imine (C=N–C) groups is 1. The fourth-order valence-corrected chi connectivity index (χ4v) is 4.93. The zero-order valence-electron chi connectivity index (χ0n) is 23.1. The molecule has 1 atom stereocenters. The number of anilines is 2. The van der Waals surface area contributed by atoms with Crippen LogP contribution in [0.4, 0.5) is 11.6 Å². The lowest BCUT2D eigenvalue weighted by molar-refractivity contribution is -0.142. The Morgan fingerprint density at radius 2 is 1.60 bits per heavy atom. The molecule has 3 aromatic rings. The maximum atomic E-state index is 13.2. The number of aryl methyl sites for hydroxylation is 4. The fraction of sp³-hybridized carbons (Fsp3) is 0.345. The number of hydrogen-bond acceptors (Lipinski definition) is 6. The van der Waals surface area contributed by atoms with Gasteiger partial charge in [0, 0.05) is 43.3 Å². The van der Waals surface area contributed by atoms with Crippen molar-refractivity contribution in [3.05, 3.63) is 71.0 Å². The first-order valence-corrected chi connectivity index (χ1v) is 13.6. The Bertz CT molecular complexity index is 1430. The van der Waals surface area contributed by atoms with Gasteiger partial charge >= 0.3 is 0 Å². The van der Waals surface area contributed by atoms with Crippen molar-refractivity contribution < 1.29 is 14.3 Å². The quantitative estimate of drug-likeness (QED) is 0.281. The van der Waals surface area contributed by atoms with E-state index in [1.54, 1.807) is 4.90 Å². The van der Waals surface area contributed by atoms with E-state index in [0.717, 1.165) is 22.6 Å². The first-order valence-electron chi connectivity index (χ1n) is 13.2. The molecule has 3 heterocycles. The first kappa shape index (κ1) is 27.3. The van der Waals surface area contributed by atoms with E-state index in [-0.39, 0.29) is 12.5 Å². The molecule has 0 saturated carbocycles. The maximum absolute atomic E-state index is 13.2. The Kier molecular flexibility index (Phi) is 8.11. The molecule has 0 spiro atoms. The molecule has 1 saturated heterocycles. The molecular weight excluding hydrogens is 526 g/mol. The fourth-order valence-electron chi connectivity index (χ4n) is 4.74. The number of nitrogens with zero attached hydrogens (tertiary/aromatic N) is 5. The highest BCUT2D eigenvalue weighted by molar-refractivity contribution is 7.80. The standard InChI is InChI=1S/C29H33N7O3S/c1-18-9-10-22(19(2)15-18)32-29(40)34-28(33-27-30-20(3)16-21(4)31-27)36-13-11-35(12-14-36)26(37)25-17-38-23-7-5-6-8-24(23)39-25/h5-10,15-16,25H,11-14,17H2,1-4H3,(H2,30,31,32,33,34,40). The van der Waals surface area contributed by atoms with Gasteiger partial charge in [0.2, 0.25) is 23.1 Å². The Morgan fingerprint density at radius 1 is 0.925 bits per heavy atom. The molecule has 0 aliphatic carbocycles. The highest BCUT2D eigenvalue weighted by Crippen LogP contribution is 2.31. The van der Waals surface area contributed by atoms with Gasteiger partial charge in [-0.1, -0.05) is 29.8 Å². The van der Waals surface area contributed by atoms with Crippen molar-refractivity contribution >= 4 is 40.8 Å². The number of para-hydroxylation sites is 2. The van der Waals surface area contributed by atoms with Gasteiger partial charge in [-0.05, 0) is 69.7 Å². The highest BCUT2D eigenvalue weighted by atomic mass is 32.1. The van der Waals surface area contributed by atoms with Gasteiger partial charge in [-0.3, -0.25) is 10.1 Å². The van der Waals surface area contributed by atoms with Gasteiger partial charge in [0.15, 0.2) is 11.5 Å². The summed E-state index contributed by atoms with van der Waals surface area (Å²) < 4.78 is 11.7. The van der Waals surface area contributed by atoms with Crippen LogP contribution in [-0.4, -0.2) is 75.6 Å². The topological polar surface area (TPSA) is 104 Å². The van der Waals surface area contributed by atoms with E-state index in [2.05, 4.69) is 33.6 Å². The average Bonchev–Trinajstić information content (AvgIpc) is 2.93. The van der Waals surface area contributed by atoms with Crippen molar-refractivity contribution in [2.24, 2.45) is 4.99 Å². The molecule has 0 radical (unpaired) electrons. The second-order valence-electron chi connectivity index (χ2n) is 9.96. The van der Waals surface area contributed by atoms with E-state index in [1.807, 2.05) is 68.1 Å². The number of amides is 1. The third-order valence-electron chi connectivity index (χ3n) is 6.71. The van der Waals surface area contributed by atoms with E-state index >= 15 is 0 Å². The van der Waals surface area contributed by atoms with Crippen LogP contribution >= 0.6 is 12.2 Å². The lowest BCUT2D eigenvalue weighted by Gasteiger charge is -2.38. The molecule has 1 unspecified atom stereocenters. The van der Waals surface area contributed by atoms with Crippen LogP contribution in [0.1, 0.15) is 22.5 Å². The normalized spacial score (nSPS) is 16.9. The van der Waals surface area contributed by atoms with Crippen LogP contribution in [0.15, 0.2) is 53.5 Å². The van der Waals surface area contributed by atoms with Crippen molar-refractivity contribution in [3.8, 4) is 11.5 Å². The number of ether oxygens (including phenoxy) is 2. The number of fused-ring (bicyclic) bond motifs is 1. The summed E-state index contributed by atoms with van der Waals surface area (Å²) in [4.78, 5) is 30.9. The van der Waals surface area contributed by atoms with Crippen LogP contribution in [-0.2, 0) is 4.79 Å². The van der Waals surface area contributed by atoms with Crippen LogP contribution in [0.3, 0.4) is 0 Å². The summed E-state index contributed by atoms with van der Waals surface area (Å²) in [5, 5.41) is 6.81. The molecule has 40 heavy (non-hydrogen) atoms. The summed E-state index contributed by atoms with van der Waals surface area (Å²) in [5.74, 6) is 2.11. The molecule has 10 nitrogen and oxygen atoms in total. The summed E-state index contributed by atoms with van der Waals surface area (Å²) in [6, 6.07) is 15.4. The minimum Gasteiger partial charge on any atom is -0.485 e. The Hall–Kier alpha value is -4.25. The SMILES string of the molecule is Cc1ccc(NC(=S)/N=C(/Nc2nc(C)cc(C)n2)N2CCN(C(=O)C3COc4ccccc4O3)CC2)c(C)c1. The Labute approximate surface area is 239 Å². The molecule has 1 fully saturated rings. The molecule has 11 heteroatoms. The van der Waals surface area contributed by atoms with Gasteiger partial charge in [-0.2, -0.15) is 4.99 Å². The van der Waals surface area contributed by atoms with E-state index in [9.17, 15) is 4.79 Å². The van der Waals surface area contributed by atoms with Gasteiger partial charge in [-0.25, -0.2) is 9.97 Å². The number of carbonyl (C=O) groups is 1. The Balaban J connectivity index is 1.29. The summed E-state index contributed by atoms with van der Waals surface area (Å²) in [7, 11) is 0. The molecule has 208 valence electrons. The van der Waals surface area contributed by atoms with Gasteiger partial charge < -0.3 is 24.6 Å². The summed E-state index contributed by atoms with van der Waals surface area (Å²) in [5.41, 5.74) is 4.84. The van der Waals surface area contributed by atoms with E-state index < -0.39 is 6.10 Å². The second-order valence-corrected chi connectivity index (χ2v) is 10.3. The molecule has 2 aromatic carbocycles. The van der Waals surface area contributed by atoms with Gasteiger partial charge in [-0.15, -0.1) is 0 Å². The summed E-state index contributed by atoms with van der Waals surface area (Å²) in [6.07, 6.45) is -0.675. The minimum absolute atomic E-state index is 0.0923. The third-order valence-corrected chi connectivity index (χ3v) is 6.91. The Morgan fingerprint density at radius 3 is 2.30 bits per heavy atom. The van der Waals surface area contributed by atoms with E-state index in [4.69, 9.17) is 26.7 Å². The number of piperazine rings is 1. The number of carbonyl (C=O) groups excluding carboxylic acids is 1. The number of guanidine groups is 1.